The van der Waals surface area contributed by atoms with Crippen molar-refractivity contribution in [3.8, 4) is 0 Å². The summed E-state index contributed by atoms with van der Waals surface area (Å²) in [7, 11) is 0. The van der Waals surface area contributed by atoms with Gasteiger partial charge in [-0.2, -0.15) is 0 Å². The maximum absolute atomic E-state index is 13.1. The molecule has 11 N–H and O–H groups in total. The van der Waals surface area contributed by atoms with Gasteiger partial charge in [0, 0.05) is 13.0 Å². The highest BCUT2D eigenvalue weighted by atomic mass is 16.4. The highest BCUT2D eigenvalue weighted by molar-refractivity contribution is 5.94. The van der Waals surface area contributed by atoms with Crippen LogP contribution >= 0.6 is 0 Å². The lowest BCUT2D eigenvalue weighted by molar-refractivity contribution is -0.142. The zero-order chi connectivity index (χ0) is 29.5. The summed E-state index contributed by atoms with van der Waals surface area (Å²) in [6, 6.07) is 12.9. The van der Waals surface area contributed by atoms with Gasteiger partial charge in [-0.3, -0.25) is 19.4 Å². The molecule has 0 aromatic heterocycles. The van der Waals surface area contributed by atoms with Crippen LogP contribution in [0.3, 0.4) is 0 Å². The number of carbonyl (C=O) groups is 4. The van der Waals surface area contributed by atoms with Crippen molar-refractivity contribution >= 4 is 29.7 Å². The van der Waals surface area contributed by atoms with Crippen LogP contribution in [0.2, 0.25) is 0 Å². The van der Waals surface area contributed by atoms with Crippen LogP contribution in [0.25, 0.3) is 0 Å². The van der Waals surface area contributed by atoms with Gasteiger partial charge in [0.25, 0.3) is 0 Å². The fourth-order valence-electron chi connectivity index (χ4n) is 3.80. The molecule has 4 unspecified atom stereocenters. The summed E-state index contributed by atoms with van der Waals surface area (Å²) in [4.78, 5) is 54.3. The van der Waals surface area contributed by atoms with Crippen LogP contribution in [-0.2, 0) is 32.0 Å². The number of aliphatic hydroxyl groups excluding tert-OH is 1. The maximum atomic E-state index is 13.1. The number of aliphatic hydroxyl groups is 1. The molecule has 0 saturated heterocycles. The molecule has 0 spiro atoms. The number of carbonyl (C=O) groups excluding carboxylic acids is 3. The molecule has 216 valence electrons. The number of nitrogens with two attached hydrogens (primary N) is 3. The molecular weight excluding hydrogens is 518 g/mol. The Bertz CT molecular complexity index is 1140. The van der Waals surface area contributed by atoms with E-state index in [4.69, 9.17) is 17.2 Å². The van der Waals surface area contributed by atoms with Gasteiger partial charge in [-0.25, -0.2) is 4.79 Å². The zero-order valence-electron chi connectivity index (χ0n) is 22.0. The standard InChI is InChI=1S/C27H37N7O6/c28-19(14-17-8-3-1-4-9-17)23(36)32-20(12-7-13-31-27(29)30)24(37)34-22(16-35)25(38)33-21(26(39)40)15-18-10-5-2-6-11-18/h1-6,8-11,19-22,35H,7,12-16,28H2,(H,32,36)(H,33,38)(H,34,37)(H,39,40)(H4,29,30,31). The second kappa shape index (κ2) is 16.5. The van der Waals surface area contributed by atoms with E-state index in [1.807, 2.05) is 30.3 Å². The third-order valence-corrected chi connectivity index (χ3v) is 5.93. The van der Waals surface area contributed by atoms with Crippen LogP contribution in [0.4, 0.5) is 0 Å². The largest absolute Gasteiger partial charge is 0.480 e. The Hall–Kier alpha value is -4.49. The molecule has 0 heterocycles. The number of guanidine groups is 1. The number of aliphatic imine (C=N–C) groups is 1. The first-order valence-corrected chi connectivity index (χ1v) is 12.7. The van der Waals surface area contributed by atoms with Crippen molar-refractivity contribution < 1.29 is 29.4 Å². The van der Waals surface area contributed by atoms with E-state index in [2.05, 4.69) is 20.9 Å². The van der Waals surface area contributed by atoms with Crippen molar-refractivity contribution in [1.82, 2.24) is 16.0 Å². The zero-order valence-corrected chi connectivity index (χ0v) is 22.0. The molecule has 0 radical (unpaired) electrons. The summed E-state index contributed by atoms with van der Waals surface area (Å²) in [6.07, 6.45) is 0.627. The lowest BCUT2D eigenvalue weighted by Crippen LogP contribution is -2.58. The molecule has 0 bridgehead atoms. The number of rotatable bonds is 16. The summed E-state index contributed by atoms with van der Waals surface area (Å²) in [6.45, 7) is -0.626. The van der Waals surface area contributed by atoms with Gasteiger partial charge in [0.2, 0.25) is 17.7 Å². The monoisotopic (exact) mass is 555 g/mol. The molecule has 0 aliphatic heterocycles. The van der Waals surface area contributed by atoms with Gasteiger partial charge in [0.15, 0.2) is 5.96 Å². The number of nitrogens with one attached hydrogen (secondary N) is 3. The summed E-state index contributed by atoms with van der Waals surface area (Å²) in [5.74, 6) is -3.67. The minimum absolute atomic E-state index is 0.00319. The van der Waals surface area contributed by atoms with E-state index >= 15 is 0 Å². The first-order valence-electron chi connectivity index (χ1n) is 12.7. The number of nitrogens with zero attached hydrogens (tertiary/aromatic N) is 1. The number of carboxylic acid groups (broad SMARTS) is 1. The van der Waals surface area contributed by atoms with Crippen LogP contribution in [0.15, 0.2) is 65.7 Å². The highest BCUT2D eigenvalue weighted by Gasteiger charge is 2.30. The molecule has 3 amide bonds. The van der Waals surface area contributed by atoms with E-state index in [0.717, 1.165) is 5.56 Å². The minimum Gasteiger partial charge on any atom is -0.480 e. The Kier molecular flexibility index (Phi) is 13.1. The Morgan fingerprint density at radius 1 is 0.750 bits per heavy atom. The van der Waals surface area contributed by atoms with E-state index in [-0.39, 0.29) is 31.8 Å². The SMILES string of the molecule is NC(N)=NCCCC(NC(=O)C(N)Cc1ccccc1)C(=O)NC(CO)C(=O)NC(Cc1ccccc1)C(=O)O. The predicted octanol–water partition coefficient (Wildman–Crippen LogP) is -1.62. The molecule has 4 atom stereocenters. The average Bonchev–Trinajstić information content (AvgIpc) is 2.93. The van der Waals surface area contributed by atoms with Gasteiger partial charge in [-0.15, -0.1) is 0 Å². The van der Waals surface area contributed by atoms with Gasteiger partial charge in [-0.05, 0) is 30.4 Å². The molecule has 2 aromatic carbocycles. The molecule has 0 fully saturated rings. The van der Waals surface area contributed by atoms with Gasteiger partial charge in [0.05, 0.1) is 12.6 Å². The molecule has 0 aliphatic rings. The number of amides is 3. The Morgan fingerprint density at radius 2 is 1.25 bits per heavy atom. The maximum Gasteiger partial charge on any atom is 0.326 e. The van der Waals surface area contributed by atoms with E-state index in [1.54, 1.807) is 30.3 Å². The third-order valence-electron chi connectivity index (χ3n) is 5.93. The molecule has 40 heavy (non-hydrogen) atoms. The van der Waals surface area contributed by atoms with Crippen molar-refractivity contribution in [1.29, 1.82) is 0 Å². The Balaban J connectivity index is 2.07. The van der Waals surface area contributed by atoms with Crippen LogP contribution in [0.1, 0.15) is 24.0 Å². The van der Waals surface area contributed by atoms with E-state index in [0.29, 0.717) is 12.0 Å². The van der Waals surface area contributed by atoms with Crippen molar-refractivity contribution in [3.63, 3.8) is 0 Å². The number of aliphatic carboxylic acids is 1. The normalized spacial score (nSPS) is 13.7. The van der Waals surface area contributed by atoms with E-state index < -0.39 is 54.5 Å². The third kappa shape index (κ3) is 11.1. The smallest absolute Gasteiger partial charge is 0.326 e. The van der Waals surface area contributed by atoms with Gasteiger partial charge in [-0.1, -0.05) is 60.7 Å². The average molecular weight is 556 g/mol. The van der Waals surface area contributed by atoms with Gasteiger partial charge >= 0.3 is 5.97 Å². The molecule has 2 rings (SSSR count). The topological polar surface area (TPSA) is 235 Å². The van der Waals surface area contributed by atoms with Crippen molar-refractivity contribution in [2.75, 3.05) is 13.2 Å². The van der Waals surface area contributed by atoms with Crippen LogP contribution in [0.5, 0.6) is 0 Å². The molecule has 0 saturated carbocycles. The number of carboxylic acids is 1. The summed E-state index contributed by atoms with van der Waals surface area (Å²) < 4.78 is 0. The number of benzene rings is 2. The molecule has 13 nitrogen and oxygen atoms in total. The van der Waals surface area contributed by atoms with Crippen LogP contribution < -0.4 is 33.2 Å². The summed E-state index contributed by atoms with van der Waals surface area (Å²) in [5.41, 5.74) is 18.2. The lowest BCUT2D eigenvalue weighted by atomic mass is 10.0. The second-order valence-corrected chi connectivity index (χ2v) is 9.14. The fourth-order valence-corrected chi connectivity index (χ4v) is 3.80. The first kappa shape index (κ1) is 31.7. The van der Waals surface area contributed by atoms with Crippen LogP contribution in [0, 0.1) is 0 Å². The quantitative estimate of drug-likeness (QED) is 0.0674. The molecule has 13 heteroatoms. The summed E-state index contributed by atoms with van der Waals surface area (Å²) in [5, 5.41) is 26.7. The molecular formula is C27H37N7O6. The lowest BCUT2D eigenvalue weighted by Gasteiger charge is -2.24. The number of hydrogen-bond acceptors (Lipinski definition) is 7. The molecule has 0 aliphatic carbocycles. The van der Waals surface area contributed by atoms with Crippen LogP contribution in [-0.4, -0.2) is 77.2 Å². The first-order chi connectivity index (χ1) is 19.1. The highest BCUT2D eigenvalue weighted by Crippen LogP contribution is 2.06. The minimum atomic E-state index is -1.47. The van der Waals surface area contributed by atoms with Crippen molar-refractivity contribution in [2.45, 2.75) is 49.9 Å². The van der Waals surface area contributed by atoms with E-state index in [1.165, 1.54) is 0 Å². The second-order valence-electron chi connectivity index (χ2n) is 9.14. The van der Waals surface area contributed by atoms with Gasteiger partial charge in [0.1, 0.15) is 18.1 Å². The predicted molar refractivity (Wildman–Crippen MR) is 149 cm³/mol. The fraction of sp³-hybridized carbons (Fsp3) is 0.370. The Labute approximate surface area is 232 Å². The van der Waals surface area contributed by atoms with E-state index in [9.17, 15) is 29.4 Å². The summed E-state index contributed by atoms with van der Waals surface area (Å²) >= 11 is 0. The Morgan fingerprint density at radius 3 is 1.77 bits per heavy atom. The van der Waals surface area contributed by atoms with Crippen molar-refractivity contribution in [2.24, 2.45) is 22.2 Å². The number of hydrogen-bond donors (Lipinski definition) is 8. The molecule has 2 aromatic rings. The van der Waals surface area contributed by atoms with Crippen molar-refractivity contribution in [3.05, 3.63) is 71.8 Å². The van der Waals surface area contributed by atoms with Gasteiger partial charge < -0.3 is 43.4 Å².